The molecule has 2 aliphatic rings. The van der Waals surface area contributed by atoms with Crippen molar-refractivity contribution in [2.24, 2.45) is 5.92 Å². The van der Waals surface area contributed by atoms with E-state index >= 15 is 0 Å². The lowest BCUT2D eigenvalue weighted by Crippen LogP contribution is -2.28. The number of anilines is 1. The van der Waals surface area contributed by atoms with Crippen molar-refractivity contribution in [3.8, 4) is 5.75 Å². The van der Waals surface area contributed by atoms with Crippen LogP contribution in [0.1, 0.15) is 25.7 Å². The molecule has 116 valence electrons. The summed E-state index contributed by atoms with van der Waals surface area (Å²) >= 11 is 0. The molecule has 2 aliphatic heterocycles. The molecule has 21 heavy (non-hydrogen) atoms. The molecule has 1 aromatic heterocycles. The topological polar surface area (TPSA) is 57.6 Å². The summed E-state index contributed by atoms with van der Waals surface area (Å²) in [6.07, 6.45) is 8.18. The Kier molecular flexibility index (Phi) is 4.93. The third kappa shape index (κ3) is 3.86. The average molecular weight is 291 g/mol. The lowest BCUT2D eigenvalue weighted by molar-refractivity contribution is 0.263. The third-order valence-electron chi connectivity index (χ3n) is 4.50. The van der Waals surface area contributed by atoms with Crippen molar-refractivity contribution in [2.75, 3.05) is 37.7 Å². The number of pyridine rings is 1. The van der Waals surface area contributed by atoms with E-state index in [1.54, 1.807) is 6.20 Å². The highest BCUT2D eigenvalue weighted by molar-refractivity contribution is 5.49. The molecule has 0 bridgehead atoms. The first-order chi connectivity index (χ1) is 10.3. The van der Waals surface area contributed by atoms with Crippen LogP contribution in [0.25, 0.3) is 0 Å². The van der Waals surface area contributed by atoms with Gasteiger partial charge in [-0.3, -0.25) is 4.98 Å². The minimum Gasteiger partial charge on any atom is -0.490 e. The van der Waals surface area contributed by atoms with Gasteiger partial charge in [-0.1, -0.05) is 0 Å². The number of rotatable bonds is 6. The van der Waals surface area contributed by atoms with Gasteiger partial charge >= 0.3 is 0 Å². The van der Waals surface area contributed by atoms with Gasteiger partial charge in [0, 0.05) is 31.8 Å². The zero-order chi connectivity index (χ0) is 14.5. The summed E-state index contributed by atoms with van der Waals surface area (Å²) < 4.78 is 5.87. The monoisotopic (exact) mass is 291 g/mol. The maximum atomic E-state index is 9.04. The van der Waals surface area contributed by atoms with Gasteiger partial charge in [-0.05, 0) is 38.1 Å². The van der Waals surface area contributed by atoms with Crippen molar-refractivity contribution >= 4 is 5.69 Å². The predicted molar refractivity (Wildman–Crippen MR) is 82.8 cm³/mol. The maximum Gasteiger partial charge on any atom is 0.139 e. The second kappa shape index (κ2) is 7.09. The zero-order valence-corrected chi connectivity index (χ0v) is 12.5. The molecule has 2 atom stereocenters. The van der Waals surface area contributed by atoms with Crippen molar-refractivity contribution in [3.05, 3.63) is 18.5 Å². The van der Waals surface area contributed by atoms with Crippen LogP contribution in [0.4, 0.5) is 5.69 Å². The Morgan fingerprint density at radius 3 is 3.14 bits per heavy atom. The van der Waals surface area contributed by atoms with E-state index in [9.17, 15) is 0 Å². The van der Waals surface area contributed by atoms with E-state index in [0.29, 0.717) is 12.0 Å². The van der Waals surface area contributed by atoms with Gasteiger partial charge < -0.3 is 20.1 Å². The second-order valence-electron chi connectivity index (χ2n) is 6.10. The Morgan fingerprint density at radius 1 is 1.38 bits per heavy atom. The first kappa shape index (κ1) is 14.6. The summed E-state index contributed by atoms with van der Waals surface area (Å²) in [5.74, 6) is 1.45. The molecule has 1 unspecified atom stereocenters. The fourth-order valence-corrected chi connectivity index (χ4v) is 3.24. The molecule has 0 amide bonds. The van der Waals surface area contributed by atoms with Crippen molar-refractivity contribution in [1.82, 2.24) is 10.3 Å². The van der Waals surface area contributed by atoms with Gasteiger partial charge in [-0.15, -0.1) is 0 Å². The molecule has 3 rings (SSSR count). The number of aliphatic hydroxyl groups excluding tert-OH is 1. The van der Waals surface area contributed by atoms with Gasteiger partial charge in [0.05, 0.1) is 18.1 Å². The Labute approximate surface area is 126 Å². The molecule has 2 fully saturated rings. The average Bonchev–Trinajstić information content (AvgIpc) is 3.17. The summed E-state index contributed by atoms with van der Waals surface area (Å²) in [6.45, 7) is 4.16. The van der Waals surface area contributed by atoms with Gasteiger partial charge in [0.2, 0.25) is 0 Å². The molecule has 0 aliphatic carbocycles. The Balaban J connectivity index is 1.55. The van der Waals surface area contributed by atoms with Crippen molar-refractivity contribution < 1.29 is 9.84 Å². The largest absolute Gasteiger partial charge is 0.490 e. The summed E-state index contributed by atoms with van der Waals surface area (Å²) in [5.41, 5.74) is 1.13. The molecule has 2 saturated heterocycles. The van der Waals surface area contributed by atoms with Crippen molar-refractivity contribution in [2.45, 2.75) is 31.7 Å². The zero-order valence-electron chi connectivity index (χ0n) is 12.5. The minimum atomic E-state index is 0.286. The van der Waals surface area contributed by atoms with Crippen LogP contribution >= 0.6 is 0 Å². The highest BCUT2D eigenvalue weighted by Gasteiger charge is 2.22. The van der Waals surface area contributed by atoms with E-state index < -0.39 is 0 Å². The van der Waals surface area contributed by atoms with Crippen molar-refractivity contribution in [1.29, 1.82) is 0 Å². The molecule has 0 spiro atoms. The standard InChI is InChI=1S/C16H25N3O2/c20-7-4-13-3-6-19(11-13)15-8-16(10-17-9-15)21-12-14-2-1-5-18-14/h8-10,13-14,18,20H,1-7,11-12H2/t13-,14?/m0/s1. The lowest BCUT2D eigenvalue weighted by atomic mass is 10.1. The van der Waals surface area contributed by atoms with Crippen LogP contribution < -0.4 is 15.0 Å². The van der Waals surface area contributed by atoms with E-state index in [-0.39, 0.29) is 6.61 Å². The number of hydrogen-bond donors (Lipinski definition) is 2. The fraction of sp³-hybridized carbons (Fsp3) is 0.688. The summed E-state index contributed by atoms with van der Waals surface area (Å²) in [4.78, 5) is 6.65. The summed E-state index contributed by atoms with van der Waals surface area (Å²) in [5, 5.41) is 12.5. The SMILES string of the molecule is OCC[C@@H]1CCN(c2cncc(OCC3CCCN3)c2)C1. The van der Waals surface area contributed by atoms with Gasteiger partial charge in [-0.25, -0.2) is 0 Å². The first-order valence-corrected chi connectivity index (χ1v) is 8.02. The Bertz CT molecular complexity index is 449. The van der Waals surface area contributed by atoms with Gasteiger partial charge in [0.1, 0.15) is 12.4 Å². The van der Waals surface area contributed by atoms with E-state index in [1.165, 1.54) is 12.8 Å². The van der Waals surface area contributed by atoms with Crippen molar-refractivity contribution in [3.63, 3.8) is 0 Å². The molecule has 0 radical (unpaired) electrons. The summed E-state index contributed by atoms with van der Waals surface area (Å²) in [6, 6.07) is 2.57. The molecule has 3 heterocycles. The normalized spacial score (nSPS) is 25.5. The molecule has 5 nitrogen and oxygen atoms in total. The maximum absolute atomic E-state index is 9.04. The van der Waals surface area contributed by atoms with Crippen LogP contribution in [0.2, 0.25) is 0 Å². The fourth-order valence-electron chi connectivity index (χ4n) is 3.24. The van der Waals surface area contributed by atoms with Crippen LogP contribution in [-0.2, 0) is 0 Å². The van der Waals surface area contributed by atoms with E-state index in [0.717, 1.165) is 50.5 Å². The number of aromatic nitrogens is 1. The van der Waals surface area contributed by atoms with E-state index in [4.69, 9.17) is 9.84 Å². The number of nitrogens with one attached hydrogen (secondary N) is 1. The van der Waals surface area contributed by atoms with E-state index in [2.05, 4.69) is 21.3 Å². The number of ether oxygens (including phenoxy) is 1. The summed E-state index contributed by atoms with van der Waals surface area (Å²) in [7, 11) is 0. The quantitative estimate of drug-likeness (QED) is 0.830. The molecule has 0 aromatic carbocycles. The van der Waals surface area contributed by atoms with Crippen LogP contribution in [0.5, 0.6) is 5.75 Å². The smallest absolute Gasteiger partial charge is 0.139 e. The van der Waals surface area contributed by atoms with E-state index in [1.807, 2.05) is 6.20 Å². The van der Waals surface area contributed by atoms with Crippen LogP contribution in [0.3, 0.4) is 0 Å². The Morgan fingerprint density at radius 2 is 2.33 bits per heavy atom. The van der Waals surface area contributed by atoms with Gasteiger partial charge in [-0.2, -0.15) is 0 Å². The molecular weight excluding hydrogens is 266 g/mol. The highest BCUT2D eigenvalue weighted by Crippen LogP contribution is 2.27. The van der Waals surface area contributed by atoms with Crippen LogP contribution in [0.15, 0.2) is 18.5 Å². The highest BCUT2D eigenvalue weighted by atomic mass is 16.5. The number of nitrogens with zero attached hydrogens (tertiary/aromatic N) is 2. The molecule has 2 N–H and O–H groups in total. The third-order valence-corrected chi connectivity index (χ3v) is 4.50. The first-order valence-electron chi connectivity index (χ1n) is 8.02. The second-order valence-corrected chi connectivity index (χ2v) is 6.10. The lowest BCUT2D eigenvalue weighted by Gasteiger charge is -2.19. The van der Waals surface area contributed by atoms with Gasteiger partial charge in [0.25, 0.3) is 0 Å². The molecular formula is C16H25N3O2. The van der Waals surface area contributed by atoms with Crippen LogP contribution in [-0.4, -0.2) is 49.0 Å². The Hall–Kier alpha value is -1.33. The number of hydrogen-bond acceptors (Lipinski definition) is 5. The molecule has 5 heteroatoms. The molecule has 0 saturated carbocycles. The predicted octanol–water partition coefficient (Wildman–Crippen LogP) is 1.42. The molecule has 1 aromatic rings. The van der Waals surface area contributed by atoms with Gasteiger partial charge in [0.15, 0.2) is 0 Å². The number of aliphatic hydroxyl groups is 1. The minimum absolute atomic E-state index is 0.286. The van der Waals surface area contributed by atoms with Crippen LogP contribution in [0, 0.1) is 5.92 Å².